The molecule has 0 amide bonds. The molecular formula is C16H19ClN2O. The number of halogens is 1. The van der Waals surface area contributed by atoms with E-state index < -0.39 is 6.10 Å². The van der Waals surface area contributed by atoms with E-state index in [1.54, 1.807) is 6.20 Å². The Bertz CT molecular complexity index is 629. The standard InChI is InChI=1S/C16H19ClN2O/c17-11-7-12(13-9-18-19-14(13)8-11)15(20)16-4-1-10(2-5-16)3-6-16/h7-10,15,20H,1-6H2,(H,18,19). The lowest BCUT2D eigenvalue weighted by Crippen LogP contribution is -2.38. The molecule has 3 fully saturated rings. The highest BCUT2D eigenvalue weighted by Gasteiger charge is 2.46. The van der Waals surface area contributed by atoms with Crippen LogP contribution in [0.1, 0.15) is 50.2 Å². The van der Waals surface area contributed by atoms with E-state index in [4.69, 9.17) is 11.6 Å². The van der Waals surface area contributed by atoms with E-state index in [0.717, 1.165) is 41.6 Å². The van der Waals surface area contributed by atoms with Crippen LogP contribution >= 0.6 is 11.6 Å². The van der Waals surface area contributed by atoms with E-state index >= 15 is 0 Å². The summed E-state index contributed by atoms with van der Waals surface area (Å²) in [7, 11) is 0. The van der Waals surface area contributed by atoms with E-state index in [9.17, 15) is 5.11 Å². The van der Waals surface area contributed by atoms with Crippen molar-refractivity contribution in [3.63, 3.8) is 0 Å². The molecule has 2 bridgehead atoms. The van der Waals surface area contributed by atoms with Gasteiger partial charge >= 0.3 is 0 Å². The fraction of sp³-hybridized carbons (Fsp3) is 0.562. The van der Waals surface area contributed by atoms with Crippen LogP contribution < -0.4 is 0 Å². The van der Waals surface area contributed by atoms with Crippen LogP contribution in [0.15, 0.2) is 18.3 Å². The van der Waals surface area contributed by atoms with Gasteiger partial charge in [-0.3, -0.25) is 5.10 Å². The van der Waals surface area contributed by atoms with Crippen LogP contribution in [0, 0.1) is 11.3 Å². The van der Waals surface area contributed by atoms with Gasteiger partial charge in [-0.2, -0.15) is 5.10 Å². The summed E-state index contributed by atoms with van der Waals surface area (Å²) in [4.78, 5) is 0. The second-order valence-electron chi connectivity index (χ2n) is 6.57. The first kappa shape index (κ1) is 12.7. The number of nitrogens with zero attached hydrogens (tertiary/aromatic N) is 1. The van der Waals surface area contributed by atoms with Crippen molar-refractivity contribution in [1.82, 2.24) is 10.2 Å². The van der Waals surface area contributed by atoms with Gasteiger partial charge in [0.25, 0.3) is 0 Å². The number of hydrogen-bond acceptors (Lipinski definition) is 2. The number of aromatic amines is 1. The SMILES string of the molecule is OC(c1cc(Cl)cc2[nH]ncc12)C12CCC(CC1)CC2. The molecule has 3 aliphatic carbocycles. The van der Waals surface area contributed by atoms with Crippen LogP contribution in [0.3, 0.4) is 0 Å². The number of aromatic nitrogens is 2. The summed E-state index contributed by atoms with van der Waals surface area (Å²) in [5.41, 5.74) is 1.91. The molecule has 0 saturated heterocycles. The molecule has 1 unspecified atom stereocenters. The summed E-state index contributed by atoms with van der Waals surface area (Å²) in [6.45, 7) is 0. The van der Waals surface area contributed by atoms with Crippen LogP contribution in [-0.2, 0) is 0 Å². The number of rotatable bonds is 2. The Hall–Kier alpha value is -1.06. The summed E-state index contributed by atoms with van der Waals surface area (Å²) >= 11 is 6.20. The highest BCUT2D eigenvalue weighted by molar-refractivity contribution is 6.31. The molecule has 0 radical (unpaired) electrons. The lowest BCUT2D eigenvalue weighted by molar-refractivity contribution is -0.0550. The Kier molecular flexibility index (Phi) is 2.83. The van der Waals surface area contributed by atoms with Crippen LogP contribution in [0.5, 0.6) is 0 Å². The highest BCUT2D eigenvalue weighted by Crippen LogP contribution is 2.57. The number of hydrogen-bond donors (Lipinski definition) is 2. The largest absolute Gasteiger partial charge is 0.388 e. The Morgan fingerprint density at radius 1 is 1.25 bits per heavy atom. The summed E-state index contributed by atoms with van der Waals surface area (Å²) < 4.78 is 0. The minimum Gasteiger partial charge on any atom is -0.388 e. The number of fused-ring (bicyclic) bond motifs is 4. The van der Waals surface area contributed by atoms with Crippen LogP contribution in [0.25, 0.3) is 10.9 Å². The number of nitrogens with one attached hydrogen (secondary N) is 1. The van der Waals surface area contributed by atoms with Gasteiger partial charge in [-0.1, -0.05) is 11.6 Å². The molecule has 0 spiro atoms. The lowest BCUT2D eigenvalue weighted by Gasteiger charge is -2.49. The number of H-pyrrole nitrogens is 1. The molecule has 0 aliphatic heterocycles. The van der Waals surface area contributed by atoms with Crippen molar-refractivity contribution < 1.29 is 5.11 Å². The van der Waals surface area contributed by atoms with Gasteiger partial charge in [0, 0.05) is 15.8 Å². The third-order valence-electron chi connectivity index (χ3n) is 5.58. The average Bonchev–Trinajstić information content (AvgIpc) is 2.95. The van der Waals surface area contributed by atoms with Crippen molar-refractivity contribution in [3.8, 4) is 0 Å². The predicted octanol–water partition coefficient (Wildman–Crippen LogP) is 4.22. The topological polar surface area (TPSA) is 48.9 Å². The second-order valence-corrected chi connectivity index (χ2v) is 7.01. The molecular weight excluding hydrogens is 272 g/mol. The quantitative estimate of drug-likeness (QED) is 0.870. The van der Waals surface area contributed by atoms with E-state index in [1.165, 1.54) is 19.3 Å². The number of aliphatic hydroxyl groups is 1. The second kappa shape index (κ2) is 4.47. The van der Waals surface area contributed by atoms with Gasteiger partial charge in [0.15, 0.2) is 0 Å². The molecule has 1 heterocycles. The Labute approximate surface area is 123 Å². The fourth-order valence-electron chi connectivity index (χ4n) is 4.29. The third-order valence-corrected chi connectivity index (χ3v) is 5.80. The molecule has 3 nitrogen and oxygen atoms in total. The van der Waals surface area contributed by atoms with Gasteiger partial charge in [-0.25, -0.2) is 0 Å². The first-order valence-electron chi connectivity index (χ1n) is 7.49. The maximum absolute atomic E-state index is 11.1. The summed E-state index contributed by atoms with van der Waals surface area (Å²) in [5.74, 6) is 0.900. The maximum atomic E-state index is 11.1. The monoisotopic (exact) mass is 290 g/mol. The van der Waals surface area contributed by atoms with Crippen molar-refractivity contribution >= 4 is 22.5 Å². The third kappa shape index (κ3) is 1.80. The molecule has 3 saturated carbocycles. The van der Waals surface area contributed by atoms with Crippen molar-refractivity contribution in [3.05, 3.63) is 28.9 Å². The number of aliphatic hydroxyl groups excluding tert-OH is 1. The smallest absolute Gasteiger partial charge is 0.0853 e. The molecule has 106 valence electrons. The Balaban J connectivity index is 1.80. The van der Waals surface area contributed by atoms with E-state index in [2.05, 4.69) is 10.2 Å². The van der Waals surface area contributed by atoms with Gasteiger partial charge in [-0.05, 0) is 62.1 Å². The molecule has 2 N–H and O–H groups in total. The first-order chi connectivity index (χ1) is 9.68. The summed E-state index contributed by atoms with van der Waals surface area (Å²) in [6, 6.07) is 3.79. The van der Waals surface area contributed by atoms with E-state index in [1.807, 2.05) is 12.1 Å². The van der Waals surface area contributed by atoms with Gasteiger partial charge < -0.3 is 5.11 Å². The van der Waals surface area contributed by atoms with Crippen LogP contribution in [-0.4, -0.2) is 15.3 Å². The maximum Gasteiger partial charge on any atom is 0.0853 e. The molecule has 3 aliphatic rings. The average molecular weight is 291 g/mol. The highest BCUT2D eigenvalue weighted by atomic mass is 35.5. The molecule has 2 aromatic rings. The fourth-order valence-corrected chi connectivity index (χ4v) is 4.52. The van der Waals surface area contributed by atoms with E-state index in [-0.39, 0.29) is 5.41 Å². The molecule has 1 aromatic carbocycles. The van der Waals surface area contributed by atoms with E-state index in [0.29, 0.717) is 5.02 Å². The van der Waals surface area contributed by atoms with Crippen molar-refractivity contribution in [1.29, 1.82) is 0 Å². The molecule has 1 aromatic heterocycles. The van der Waals surface area contributed by atoms with Gasteiger partial charge in [-0.15, -0.1) is 0 Å². The summed E-state index contributed by atoms with van der Waals surface area (Å²) in [5, 5.41) is 19.8. The van der Waals surface area contributed by atoms with Gasteiger partial charge in [0.2, 0.25) is 0 Å². The zero-order chi connectivity index (χ0) is 13.7. The Morgan fingerprint density at radius 2 is 1.95 bits per heavy atom. The van der Waals surface area contributed by atoms with Crippen molar-refractivity contribution in [2.75, 3.05) is 0 Å². The molecule has 5 rings (SSSR count). The van der Waals surface area contributed by atoms with Gasteiger partial charge in [0.1, 0.15) is 0 Å². The lowest BCUT2D eigenvalue weighted by atomic mass is 9.57. The van der Waals surface area contributed by atoms with Crippen LogP contribution in [0.4, 0.5) is 0 Å². The summed E-state index contributed by atoms with van der Waals surface area (Å²) in [6.07, 6.45) is 8.61. The molecule has 4 heteroatoms. The van der Waals surface area contributed by atoms with Crippen molar-refractivity contribution in [2.24, 2.45) is 11.3 Å². The molecule has 20 heavy (non-hydrogen) atoms. The van der Waals surface area contributed by atoms with Crippen LogP contribution in [0.2, 0.25) is 5.02 Å². The normalized spacial score (nSPS) is 30.8. The van der Waals surface area contributed by atoms with Gasteiger partial charge in [0.05, 0.1) is 17.8 Å². The molecule has 1 atom stereocenters. The first-order valence-corrected chi connectivity index (χ1v) is 7.86. The Morgan fingerprint density at radius 3 is 2.65 bits per heavy atom. The zero-order valence-electron chi connectivity index (χ0n) is 11.4. The minimum absolute atomic E-state index is 0.0592. The number of benzene rings is 1. The van der Waals surface area contributed by atoms with Crippen molar-refractivity contribution in [2.45, 2.75) is 44.6 Å². The predicted molar refractivity (Wildman–Crippen MR) is 79.7 cm³/mol. The minimum atomic E-state index is -0.428. The zero-order valence-corrected chi connectivity index (χ0v) is 12.2.